The van der Waals surface area contributed by atoms with Gasteiger partial charge in [-0.3, -0.25) is 9.59 Å². The van der Waals surface area contributed by atoms with Crippen molar-refractivity contribution in [3.8, 4) is 0 Å². The fraction of sp³-hybridized carbons (Fsp3) is 0.850. The van der Waals surface area contributed by atoms with Crippen LogP contribution in [0, 0.1) is 5.92 Å². The number of carboxylic acids is 1. The highest BCUT2D eigenvalue weighted by Gasteiger charge is 2.57. The van der Waals surface area contributed by atoms with Crippen molar-refractivity contribution in [1.29, 1.82) is 0 Å². The zero-order valence-electron chi connectivity index (χ0n) is 16.7. The predicted octanol–water partition coefficient (Wildman–Crippen LogP) is 2.19. The average Bonchev–Trinajstić information content (AvgIpc) is 3.06. The van der Waals surface area contributed by atoms with Crippen LogP contribution in [0.4, 0.5) is 0 Å². The average molecular weight is 402 g/mol. The number of unbranched alkanes of at least 4 members (excludes halogenated alkanes) is 7. The molecule has 8 nitrogen and oxygen atoms in total. The number of carboxylic acid groups (broad SMARTS) is 1. The number of hydrogen-bond donors (Lipinski definition) is 3. The van der Waals surface area contributed by atoms with Gasteiger partial charge >= 0.3 is 17.9 Å². The minimum absolute atomic E-state index is 0.0567. The second-order valence-electron chi connectivity index (χ2n) is 7.45. The summed E-state index contributed by atoms with van der Waals surface area (Å²) in [5.41, 5.74) is -1.86. The lowest BCUT2D eigenvalue weighted by atomic mass is 9.81. The van der Waals surface area contributed by atoms with E-state index in [0.717, 1.165) is 25.7 Å². The molecule has 3 N–H and O–H groups in total. The molecule has 0 amide bonds. The van der Waals surface area contributed by atoms with E-state index in [-0.39, 0.29) is 19.3 Å². The second kappa shape index (κ2) is 12.7. The Morgan fingerprint density at radius 3 is 2.25 bits per heavy atom. The van der Waals surface area contributed by atoms with Crippen LogP contribution in [-0.4, -0.2) is 58.1 Å². The molecule has 1 saturated heterocycles. The molecule has 1 aliphatic rings. The minimum atomic E-state index is -1.86. The van der Waals surface area contributed by atoms with Gasteiger partial charge < -0.3 is 24.8 Å². The standard InChI is InChI=1S/C20H34O8/c1-2-3-4-5-6-7-8-9-10-16(18(24)25)20(12-11-17(23)28-20)19(26)27-14-15(22)13-21/h15-16,21-22H,2-14H2,1H3,(H,24,25)/t15?,16-,20+/m1/s1. The van der Waals surface area contributed by atoms with Crippen LogP contribution in [0.3, 0.4) is 0 Å². The first kappa shape index (κ1) is 24.4. The van der Waals surface area contributed by atoms with Gasteiger partial charge in [-0.1, -0.05) is 58.3 Å². The molecule has 0 aromatic rings. The maximum Gasteiger partial charge on any atom is 0.351 e. The smallest absolute Gasteiger partial charge is 0.351 e. The van der Waals surface area contributed by atoms with Gasteiger partial charge in [0.2, 0.25) is 5.60 Å². The number of aliphatic hydroxyl groups is 2. The summed E-state index contributed by atoms with van der Waals surface area (Å²) in [5.74, 6) is -4.02. The monoisotopic (exact) mass is 402 g/mol. The Morgan fingerprint density at radius 2 is 1.75 bits per heavy atom. The summed E-state index contributed by atoms with van der Waals surface area (Å²) in [7, 11) is 0. The van der Waals surface area contributed by atoms with E-state index in [4.69, 9.17) is 14.6 Å². The molecule has 0 spiro atoms. The van der Waals surface area contributed by atoms with Gasteiger partial charge in [-0.15, -0.1) is 0 Å². The van der Waals surface area contributed by atoms with Gasteiger partial charge in [0.25, 0.3) is 0 Å². The van der Waals surface area contributed by atoms with Crippen molar-refractivity contribution in [2.24, 2.45) is 5.92 Å². The zero-order chi connectivity index (χ0) is 21.0. The van der Waals surface area contributed by atoms with Crippen LogP contribution in [-0.2, 0) is 23.9 Å². The third-order valence-corrected chi connectivity index (χ3v) is 5.17. The Labute approximate surface area is 166 Å². The highest BCUT2D eigenvalue weighted by Crippen LogP contribution is 2.38. The molecule has 0 saturated carbocycles. The Morgan fingerprint density at radius 1 is 1.14 bits per heavy atom. The summed E-state index contributed by atoms with van der Waals surface area (Å²) in [6.07, 6.45) is 7.14. The quantitative estimate of drug-likeness (QED) is 0.281. The number of carbonyl (C=O) groups excluding carboxylic acids is 2. The van der Waals surface area contributed by atoms with Crippen LogP contribution in [0.5, 0.6) is 0 Å². The minimum Gasteiger partial charge on any atom is -0.481 e. The second-order valence-corrected chi connectivity index (χ2v) is 7.45. The van der Waals surface area contributed by atoms with Gasteiger partial charge in [-0.25, -0.2) is 4.79 Å². The molecule has 0 radical (unpaired) electrons. The molecule has 0 aromatic heterocycles. The summed E-state index contributed by atoms with van der Waals surface area (Å²) in [6.45, 7) is 1.08. The molecular weight excluding hydrogens is 368 g/mol. The van der Waals surface area contributed by atoms with Gasteiger partial charge in [0, 0.05) is 12.8 Å². The van der Waals surface area contributed by atoms with E-state index in [1.165, 1.54) is 19.3 Å². The van der Waals surface area contributed by atoms with Crippen LogP contribution in [0.1, 0.15) is 77.6 Å². The molecule has 3 atom stereocenters. The lowest BCUT2D eigenvalue weighted by Crippen LogP contribution is -2.50. The van der Waals surface area contributed by atoms with Crippen molar-refractivity contribution < 1.29 is 39.2 Å². The predicted molar refractivity (Wildman–Crippen MR) is 100 cm³/mol. The molecule has 1 rings (SSSR count). The zero-order valence-corrected chi connectivity index (χ0v) is 16.7. The van der Waals surface area contributed by atoms with Crippen molar-refractivity contribution >= 4 is 17.9 Å². The summed E-state index contributed by atoms with van der Waals surface area (Å²) in [5, 5.41) is 27.9. The first-order valence-corrected chi connectivity index (χ1v) is 10.3. The lowest BCUT2D eigenvalue weighted by molar-refractivity contribution is -0.188. The fourth-order valence-electron chi connectivity index (χ4n) is 3.51. The Kier molecular flexibility index (Phi) is 11.1. The van der Waals surface area contributed by atoms with E-state index in [2.05, 4.69) is 6.92 Å². The van der Waals surface area contributed by atoms with Crippen LogP contribution < -0.4 is 0 Å². The van der Waals surface area contributed by atoms with E-state index in [1.807, 2.05) is 0 Å². The largest absolute Gasteiger partial charge is 0.481 e. The number of aliphatic carboxylic acids is 1. The molecular formula is C20H34O8. The maximum atomic E-state index is 12.6. The first-order valence-electron chi connectivity index (χ1n) is 10.3. The van der Waals surface area contributed by atoms with Gasteiger partial charge in [0.05, 0.1) is 6.61 Å². The van der Waals surface area contributed by atoms with E-state index in [1.54, 1.807) is 0 Å². The number of esters is 2. The number of aliphatic hydroxyl groups excluding tert-OH is 2. The summed E-state index contributed by atoms with van der Waals surface area (Å²) in [4.78, 5) is 36.1. The summed E-state index contributed by atoms with van der Waals surface area (Å²) in [6, 6.07) is 0. The topological polar surface area (TPSA) is 130 Å². The molecule has 28 heavy (non-hydrogen) atoms. The molecule has 0 aliphatic carbocycles. The Hall–Kier alpha value is -1.67. The summed E-state index contributed by atoms with van der Waals surface area (Å²) >= 11 is 0. The number of ether oxygens (including phenoxy) is 2. The highest BCUT2D eigenvalue weighted by atomic mass is 16.6. The van der Waals surface area contributed by atoms with Crippen LogP contribution >= 0.6 is 0 Å². The van der Waals surface area contributed by atoms with Crippen molar-refractivity contribution in [2.75, 3.05) is 13.2 Å². The molecule has 1 heterocycles. The van der Waals surface area contributed by atoms with Gasteiger partial charge in [-0.2, -0.15) is 0 Å². The molecule has 1 unspecified atom stereocenters. The normalized spacial score (nSPS) is 21.2. The van der Waals surface area contributed by atoms with Gasteiger partial charge in [-0.05, 0) is 6.42 Å². The molecule has 1 fully saturated rings. The van der Waals surface area contributed by atoms with Crippen molar-refractivity contribution in [1.82, 2.24) is 0 Å². The maximum absolute atomic E-state index is 12.6. The highest BCUT2D eigenvalue weighted by molar-refractivity contribution is 5.92. The van der Waals surface area contributed by atoms with Crippen LogP contribution in [0.25, 0.3) is 0 Å². The third kappa shape index (κ3) is 7.39. The molecule has 162 valence electrons. The van der Waals surface area contributed by atoms with Crippen molar-refractivity contribution in [3.63, 3.8) is 0 Å². The molecule has 1 aliphatic heterocycles. The number of rotatable bonds is 15. The van der Waals surface area contributed by atoms with Crippen LogP contribution in [0.15, 0.2) is 0 Å². The van der Waals surface area contributed by atoms with Gasteiger partial charge in [0.15, 0.2) is 0 Å². The SMILES string of the molecule is CCCCCCCCCC[C@H](C(=O)O)[C@]1(C(=O)OCC(O)CO)CCC(=O)O1. The summed E-state index contributed by atoms with van der Waals surface area (Å²) < 4.78 is 10.1. The first-order chi connectivity index (χ1) is 13.4. The van der Waals surface area contributed by atoms with E-state index >= 15 is 0 Å². The molecule has 0 bridgehead atoms. The number of hydrogen-bond acceptors (Lipinski definition) is 7. The number of cyclic esters (lactones) is 1. The van der Waals surface area contributed by atoms with Crippen molar-refractivity contribution in [2.45, 2.75) is 89.3 Å². The molecule has 8 heteroatoms. The van der Waals surface area contributed by atoms with E-state index < -0.39 is 48.7 Å². The molecule has 0 aromatic carbocycles. The lowest BCUT2D eigenvalue weighted by Gasteiger charge is -2.31. The van der Waals surface area contributed by atoms with E-state index in [0.29, 0.717) is 6.42 Å². The van der Waals surface area contributed by atoms with E-state index in [9.17, 15) is 24.6 Å². The van der Waals surface area contributed by atoms with Gasteiger partial charge in [0.1, 0.15) is 18.6 Å². The Bertz CT molecular complexity index is 506. The third-order valence-electron chi connectivity index (χ3n) is 5.17. The number of carbonyl (C=O) groups is 3. The fourth-order valence-corrected chi connectivity index (χ4v) is 3.51. The van der Waals surface area contributed by atoms with Crippen molar-refractivity contribution in [3.05, 3.63) is 0 Å². The van der Waals surface area contributed by atoms with Crippen LogP contribution in [0.2, 0.25) is 0 Å². The Balaban J connectivity index is 2.64.